The topological polar surface area (TPSA) is 61.9 Å². The van der Waals surface area contributed by atoms with Crippen LogP contribution in [0.5, 0.6) is 0 Å². The lowest BCUT2D eigenvalue weighted by atomic mass is 10.1. The number of nitrogens with zero attached hydrogens (tertiary/aromatic N) is 3. The highest BCUT2D eigenvalue weighted by Crippen LogP contribution is 2.23. The number of amides is 1. The Kier molecular flexibility index (Phi) is 5.39. The molecule has 0 spiro atoms. The van der Waals surface area contributed by atoms with Crippen molar-refractivity contribution < 1.29 is 4.79 Å². The molecule has 1 N–H and O–H groups in total. The summed E-state index contributed by atoms with van der Waals surface area (Å²) in [7, 11) is 1.81. The Labute approximate surface area is 167 Å². The Morgan fingerprint density at radius 2 is 1.75 bits per heavy atom. The second-order valence-electron chi connectivity index (χ2n) is 6.56. The molecule has 0 unspecified atom stereocenters. The molecule has 0 radical (unpaired) electrons. The SMILES string of the molecule is CN(Cc1ccncc1)C(=O)c1ccc(CSc2nc3ccccc3[nH]2)cc1. The molecule has 2 heterocycles. The summed E-state index contributed by atoms with van der Waals surface area (Å²) in [5.41, 5.74) is 4.92. The van der Waals surface area contributed by atoms with Gasteiger partial charge in [0.25, 0.3) is 5.91 Å². The van der Waals surface area contributed by atoms with Gasteiger partial charge in [-0.25, -0.2) is 4.98 Å². The molecule has 140 valence electrons. The van der Waals surface area contributed by atoms with Gasteiger partial charge in [0.2, 0.25) is 0 Å². The summed E-state index contributed by atoms with van der Waals surface area (Å²) < 4.78 is 0. The van der Waals surface area contributed by atoms with Crippen molar-refractivity contribution in [3.63, 3.8) is 0 Å². The zero-order valence-corrected chi connectivity index (χ0v) is 16.3. The number of rotatable bonds is 6. The van der Waals surface area contributed by atoms with Gasteiger partial charge in [0, 0.05) is 37.3 Å². The lowest BCUT2D eigenvalue weighted by Crippen LogP contribution is -2.26. The molecule has 4 aromatic rings. The van der Waals surface area contributed by atoms with Crippen molar-refractivity contribution in [2.24, 2.45) is 0 Å². The molecule has 4 rings (SSSR count). The lowest BCUT2D eigenvalue weighted by Gasteiger charge is -2.17. The Bertz CT molecular complexity index is 1040. The molecule has 0 bridgehead atoms. The maximum absolute atomic E-state index is 12.6. The van der Waals surface area contributed by atoms with Gasteiger partial charge in [0.1, 0.15) is 0 Å². The number of hydrogen-bond acceptors (Lipinski definition) is 4. The first kappa shape index (κ1) is 18.3. The summed E-state index contributed by atoms with van der Waals surface area (Å²) in [6, 6.07) is 19.6. The van der Waals surface area contributed by atoms with Gasteiger partial charge in [-0.15, -0.1) is 0 Å². The van der Waals surface area contributed by atoms with Gasteiger partial charge in [-0.3, -0.25) is 9.78 Å². The van der Waals surface area contributed by atoms with E-state index in [1.54, 1.807) is 29.1 Å². The molecule has 0 saturated carbocycles. The Morgan fingerprint density at radius 1 is 1.00 bits per heavy atom. The number of carbonyl (C=O) groups is 1. The van der Waals surface area contributed by atoms with Gasteiger partial charge in [-0.1, -0.05) is 36.0 Å². The van der Waals surface area contributed by atoms with Crippen LogP contribution in [0.3, 0.4) is 0 Å². The molecule has 0 atom stereocenters. The summed E-state index contributed by atoms with van der Waals surface area (Å²) in [6.07, 6.45) is 3.48. The first-order chi connectivity index (χ1) is 13.7. The van der Waals surface area contributed by atoms with Crippen molar-refractivity contribution in [2.75, 3.05) is 7.05 Å². The molecule has 1 amide bonds. The van der Waals surface area contributed by atoms with E-state index in [1.807, 2.05) is 67.7 Å². The minimum absolute atomic E-state index is 0.00768. The largest absolute Gasteiger partial charge is 0.337 e. The van der Waals surface area contributed by atoms with E-state index in [-0.39, 0.29) is 5.91 Å². The number of thioether (sulfide) groups is 1. The fourth-order valence-electron chi connectivity index (χ4n) is 2.95. The van der Waals surface area contributed by atoms with E-state index < -0.39 is 0 Å². The molecule has 0 aliphatic heterocycles. The van der Waals surface area contributed by atoms with Crippen molar-refractivity contribution in [1.82, 2.24) is 19.9 Å². The number of carbonyl (C=O) groups excluding carboxylic acids is 1. The highest BCUT2D eigenvalue weighted by Gasteiger charge is 2.12. The minimum atomic E-state index is 0.00768. The molecule has 5 nitrogen and oxygen atoms in total. The third-order valence-electron chi connectivity index (χ3n) is 4.46. The van der Waals surface area contributed by atoms with Crippen molar-refractivity contribution >= 4 is 28.7 Å². The number of para-hydroxylation sites is 2. The van der Waals surface area contributed by atoms with Gasteiger partial charge < -0.3 is 9.88 Å². The highest BCUT2D eigenvalue weighted by atomic mass is 32.2. The van der Waals surface area contributed by atoms with Crippen LogP contribution in [0.2, 0.25) is 0 Å². The fourth-order valence-corrected chi connectivity index (χ4v) is 3.79. The van der Waals surface area contributed by atoms with Gasteiger partial charge in [0.05, 0.1) is 11.0 Å². The number of H-pyrrole nitrogens is 1. The van der Waals surface area contributed by atoms with Crippen molar-refractivity contribution in [2.45, 2.75) is 17.5 Å². The Hall–Kier alpha value is -3.12. The number of aromatic amines is 1. The van der Waals surface area contributed by atoms with Gasteiger partial charge in [0.15, 0.2) is 5.16 Å². The number of fused-ring (bicyclic) bond motifs is 1. The summed E-state index contributed by atoms with van der Waals surface area (Å²) in [4.78, 5) is 26.2. The first-order valence-electron chi connectivity index (χ1n) is 9.00. The number of imidazole rings is 1. The van der Waals surface area contributed by atoms with Crippen LogP contribution in [0.4, 0.5) is 0 Å². The standard InChI is InChI=1S/C22H20N4OS/c1-26(14-16-10-12-23-13-11-16)21(27)18-8-6-17(7-9-18)15-28-22-24-19-4-2-3-5-20(19)25-22/h2-13H,14-15H2,1H3,(H,24,25). The van der Waals surface area contributed by atoms with Gasteiger partial charge in [-0.05, 0) is 47.5 Å². The molecular formula is C22H20N4OS. The number of hydrogen-bond donors (Lipinski definition) is 1. The molecular weight excluding hydrogens is 368 g/mol. The van der Waals surface area contributed by atoms with E-state index in [2.05, 4.69) is 15.0 Å². The second kappa shape index (κ2) is 8.27. The smallest absolute Gasteiger partial charge is 0.253 e. The highest BCUT2D eigenvalue weighted by molar-refractivity contribution is 7.98. The second-order valence-corrected chi connectivity index (χ2v) is 7.53. The van der Waals surface area contributed by atoms with Crippen LogP contribution < -0.4 is 0 Å². The van der Waals surface area contributed by atoms with E-state index in [1.165, 1.54) is 0 Å². The van der Waals surface area contributed by atoms with Gasteiger partial charge >= 0.3 is 0 Å². The van der Waals surface area contributed by atoms with Crippen molar-refractivity contribution in [1.29, 1.82) is 0 Å². The molecule has 28 heavy (non-hydrogen) atoms. The normalized spacial score (nSPS) is 10.9. The number of benzene rings is 2. The lowest BCUT2D eigenvalue weighted by molar-refractivity contribution is 0.0785. The average molecular weight is 388 g/mol. The van der Waals surface area contributed by atoms with E-state index in [4.69, 9.17) is 0 Å². The Morgan fingerprint density at radius 3 is 2.50 bits per heavy atom. The first-order valence-corrected chi connectivity index (χ1v) is 9.98. The van der Waals surface area contributed by atoms with Gasteiger partial charge in [-0.2, -0.15) is 0 Å². The quantitative estimate of drug-likeness (QED) is 0.493. The number of nitrogens with one attached hydrogen (secondary N) is 1. The van der Waals surface area contributed by atoms with Crippen molar-refractivity contribution in [3.8, 4) is 0 Å². The summed E-state index contributed by atoms with van der Waals surface area (Å²) in [5, 5.41) is 0.901. The summed E-state index contributed by atoms with van der Waals surface area (Å²) >= 11 is 1.65. The molecule has 0 saturated heterocycles. The monoisotopic (exact) mass is 388 g/mol. The molecule has 0 fully saturated rings. The molecule has 2 aromatic carbocycles. The van der Waals surface area contributed by atoms with Crippen LogP contribution in [0.25, 0.3) is 11.0 Å². The average Bonchev–Trinajstić information content (AvgIpc) is 3.16. The van der Waals surface area contributed by atoms with Crippen LogP contribution in [0.15, 0.2) is 78.2 Å². The number of pyridine rings is 1. The third-order valence-corrected chi connectivity index (χ3v) is 5.40. The summed E-state index contributed by atoms with van der Waals surface area (Å²) in [5.74, 6) is 0.800. The summed E-state index contributed by atoms with van der Waals surface area (Å²) in [6.45, 7) is 0.561. The maximum Gasteiger partial charge on any atom is 0.253 e. The van der Waals surface area contributed by atoms with Crippen LogP contribution in [0, 0.1) is 0 Å². The molecule has 0 aliphatic rings. The van der Waals surface area contributed by atoms with Crippen LogP contribution >= 0.6 is 11.8 Å². The minimum Gasteiger partial charge on any atom is -0.337 e. The zero-order chi connectivity index (χ0) is 19.3. The van der Waals surface area contributed by atoms with E-state index >= 15 is 0 Å². The predicted octanol–water partition coefficient (Wildman–Crippen LogP) is 4.52. The van der Waals surface area contributed by atoms with E-state index in [0.717, 1.165) is 33.1 Å². The zero-order valence-electron chi connectivity index (χ0n) is 15.5. The number of aromatic nitrogens is 3. The van der Waals surface area contributed by atoms with Crippen LogP contribution in [0.1, 0.15) is 21.5 Å². The molecule has 6 heteroatoms. The Balaban J connectivity index is 1.37. The molecule has 0 aliphatic carbocycles. The van der Waals surface area contributed by atoms with Crippen LogP contribution in [-0.4, -0.2) is 32.8 Å². The molecule has 2 aromatic heterocycles. The van der Waals surface area contributed by atoms with E-state index in [0.29, 0.717) is 12.1 Å². The van der Waals surface area contributed by atoms with E-state index in [9.17, 15) is 4.79 Å². The van der Waals surface area contributed by atoms with Crippen molar-refractivity contribution in [3.05, 3.63) is 89.7 Å². The third kappa shape index (κ3) is 4.23. The predicted molar refractivity (Wildman–Crippen MR) is 112 cm³/mol. The van der Waals surface area contributed by atoms with Crippen LogP contribution in [-0.2, 0) is 12.3 Å². The maximum atomic E-state index is 12.6. The fraction of sp³-hybridized carbons (Fsp3) is 0.136.